The zero-order valence-corrected chi connectivity index (χ0v) is 8.63. The van der Waals surface area contributed by atoms with Gasteiger partial charge in [-0.1, -0.05) is 6.92 Å². The molecule has 3 N–H and O–H groups in total. The van der Waals surface area contributed by atoms with Gasteiger partial charge < -0.3 is 15.8 Å². The van der Waals surface area contributed by atoms with E-state index in [0.717, 1.165) is 0 Å². The summed E-state index contributed by atoms with van der Waals surface area (Å²) in [5.41, 5.74) is 5.00. The maximum absolute atomic E-state index is 11.4. The first-order chi connectivity index (χ1) is 6.61. The van der Waals surface area contributed by atoms with Gasteiger partial charge in [0.2, 0.25) is 11.8 Å². The smallest absolute Gasteiger partial charge is 0.227 e. The summed E-state index contributed by atoms with van der Waals surface area (Å²) < 4.78 is 4.77. The number of nitrogens with one attached hydrogen (secondary N) is 1. The maximum Gasteiger partial charge on any atom is 0.227 e. The summed E-state index contributed by atoms with van der Waals surface area (Å²) in [7, 11) is 1.56. The monoisotopic (exact) mass is 201 g/mol. The van der Waals surface area contributed by atoms with Crippen molar-refractivity contribution >= 4 is 11.8 Å². The van der Waals surface area contributed by atoms with Crippen LogP contribution < -0.4 is 11.1 Å². The molecule has 0 spiro atoms. The molecule has 0 saturated heterocycles. The van der Waals surface area contributed by atoms with Crippen LogP contribution in [0, 0.1) is 5.92 Å². The Morgan fingerprint density at radius 1 is 1.43 bits per heavy atom. The van der Waals surface area contributed by atoms with Gasteiger partial charge in [0.05, 0.1) is 12.5 Å². The summed E-state index contributed by atoms with van der Waals surface area (Å²) in [6, 6.07) is 0. The summed E-state index contributed by atoms with van der Waals surface area (Å²) in [5, 5.41) is 2.63. The van der Waals surface area contributed by atoms with Crippen molar-refractivity contribution < 1.29 is 14.3 Å². The summed E-state index contributed by atoms with van der Waals surface area (Å²) in [5.74, 6) is -0.194. The molecule has 5 heteroatoms. The van der Waals surface area contributed by atoms with Crippen molar-refractivity contribution in [3.05, 3.63) is 5.92 Å². The van der Waals surface area contributed by atoms with Crippen LogP contribution in [0.5, 0.6) is 0 Å². The minimum Gasteiger partial charge on any atom is -0.383 e. The quantitative estimate of drug-likeness (QED) is 0.550. The van der Waals surface area contributed by atoms with Gasteiger partial charge in [0, 0.05) is 20.1 Å². The van der Waals surface area contributed by atoms with Crippen LogP contribution in [0.15, 0.2) is 0 Å². The van der Waals surface area contributed by atoms with Gasteiger partial charge in [-0.05, 0) is 6.42 Å². The molecular weight excluding hydrogens is 184 g/mol. The second-order valence-corrected chi connectivity index (χ2v) is 2.85. The minimum atomic E-state index is -0.483. The van der Waals surface area contributed by atoms with Crippen LogP contribution in [0.2, 0.25) is 0 Å². The van der Waals surface area contributed by atoms with Crippen LogP contribution in [0.3, 0.4) is 0 Å². The molecule has 0 aliphatic carbocycles. The summed E-state index contributed by atoms with van der Waals surface area (Å²) in [6.07, 6.45) is 0.553. The normalized spacial score (nSPS) is 10.2. The van der Waals surface area contributed by atoms with Crippen LogP contribution in [0.25, 0.3) is 0 Å². The molecule has 0 rings (SSSR count). The second-order valence-electron chi connectivity index (χ2n) is 2.85. The van der Waals surface area contributed by atoms with Crippen LogP contribution in [0.1, 0.15) is 19.8 Å². The number of carbonyl (C=O) groups is 2. The summed E-state index contributed by atoms with van der Waals surface area (Å²) in [4.78, 5) is 22.0. The van der Waals surface area contributed by atoms with Gasteiger partial charge in [0.1, 0.15) is 0 Å². The number of primary amides is 1. The fourth-order valence-electron chi connectivity index (χ4n) is 0.968. The Labute approximate surface area is 84.0 Å². The van der Waals surface area contributed by atoms with Gasteiger partial charge in [0.25, 0.3) is 0 Å². The zero-order valence-electron chi connectivity index (χ0n) is 8.63. The molecule has 0 fully saturated rings. The molecule has 0 aromatic heterocycles. The topological polar surface area (TPSA) is 81.4 Å². The number of methoxy groups -OCH3 is 1. The first-order valence-corrected chi connectivity index (χ1v) is 4.52. The van der Waals surface area contributed by atoms with E-state index in [1.54, 1.807) is 7.11 Å². The average molecular weight is 201 g/mol. The highest BCUT2D eigenvalue weighted by Gasteiger charge is 2.18. The first kappa shape index (κ1) is 12.9. The van der Waals surface area contributed by atoms with Crippen molar-refractivity contribution in [1.29, 1.82) is 0 Å². The highest BCUT2D eigenvalue weighted by Crippen LogP contribution is 2.09. The fourth-order valence-corrected chi connectivity index (χ4v) is 0.968. The highest BCUT2D eigenvalue weighted by atomic mass is 16.5. The molecule has 0 saturated carbocycles. The van der Waals surface area contributed by atoms with E-state index in [1.165, 1.54) is 0 Å². The highest BCUT2D eigenvalue weighted by molar-refractivity contribution is 5.94. The number of ether oxygens (including phenoxy) is 1. The number of carbonyl (C=O) groups excluding carboxylic acids is 2. The maximum atomic E-state index is 11.4. The largest absolute Gasteiger partial charge is 0.383 e. The SMILES string of the molecule is CC[C](CC(N)=O)C(=O)NCCOC. The molecule has 2 amide bonds. The van der Waals surface area contributed by atoms with Gasteiger partial charge in [-0.2, -0.15) is 0 Å². The van der Waals surface area contributed by atoms with Crippen LogP contribution >= 0.6 is 0 Å². The molecule has 5 nitrogen and oxygen atoms in total. The van der Waals surface area contributed by atoms with E-state index in [-0.39, 0.29) is 12.3 Å². The molecular formula is C9H17N2O3. The lowest BCUT2D eigenvalue weighted by Crippen LogP contribution is -2.33. The zero-order chi connectivity index (χ0) is 11.0. The Morgan fingerprint density at radius 3 is 2.50 bits per heavy atom. The third-order valence-corrected chi connectivity index (χ3v) is 1.73. The van der Waals surface area contributed by atoms with Crippen molar-refractivity contribution in [2.24, 2.45) is 5.73 Å². The molecule has 1 radical (unpaired) electrons. The van der Waals surface area contributed by atoms with Crippen molar-refractivity contribution in [1.82, 2.24) is 5.32 Å². The molecule has 0 aromatic rings. The molecule has 0 bridgehead atoms. The van der Waals surface area contributed by atoms with E-state index >= 15 is 0 Å². The van der Waals surface area contributed by atoms with E-state index in [0.29, 0.717) is 25.5 Å². The van der Waals surface area contributed by atoms with Gasteiger partial charge in [-0.25, -0.2) is 0 Å². The summed E-state index contributed by atoms with van der Waals surface area (Å²) >= 11 is 0. The molecule has 0 atom stereocenters. The van der Waals surface area contributed by atoms with Crippen LogP contribution in [-0.4, -0.2) is 32.1 Å². The van der Waals surface area contributed by atoms with Crippen molar-refractivity contribution in [3.8, 4) is 0 Å². The molecule has 0 aliphatic rings. The van der Waals surface area contributed by atoms with Crippen LogP contribution in [0.4, 0.5) is 0 Å². The Balaban J connectivity index is 3.85. The van der Waals surface area contributed by atoms with Crippen LogP contribution in [-0.2, 0) is 14.3 Å². The molecule has 81 valence electrons. The van der Waals surface area contributed by atoms with Gasteiger partial charge in [-0.15, -0.1) is 0 Å². The first-order valence-electron chi connectivity index (χ1n) is 4.52. The van der Waals surface area contributed by atoms with E-state index in [2.05, 4.69) is 5.32 Å². The lowest BCUT2D eigenvalue weighted by atomic mass is 10.0. The Kier molecular flexibility index (Phi) is 6.74. The van der Waals surface area contributed by atoms with Crippen molar-refractivity contribution in [2.75, 3.05) is 20.3 Å². The van der Waals surface area contributed by atoms with E-state index in [9.17, 15) is 9.59 Å². The second kappa shape index (κ2) is 7.32. The summed E-state index contributed by atoms with van der Waals surface area (Å²) in [6.45, 7) is 2.71. The Bertz CT molecular complexity index is 194. The lowest BCUT2D eigenvalue weighted by Gasteiger charge is -2.11. The molecule has 0 heterocycles. The molecule has 0 unspecified atom stereocenters. The Hall–Kier alpha value is -1.10. The fraction of sp³-hybridized carbons (Fsp3) is 0.667. The van der Waals surface area contributed by atoms with Gasteiger partial charge in [0.15, 0.2) is 0 Å². The molecule has 0 aromatic carbocycles. The number of nitrogens with two attached hydrogens (primary N) is 1. The standard InChI is InChI=1S/C9H17N2O3/c1-3-7(6-8(10)12)9(13)11-4-5-14-2/h3-6H2,1-2H3,(H2,10,12)(H,11,13). The number of rotatable bonds is 7. The predicted octanol–water partition coefficient (Wildman–Crippen LogP) is -0.391. The van der Waals surface area contributed by atoms with E-state index < -0.39 is 5.91 Å². The molecule has 0 aliphatic heterocycles. The molecule has 14 heavy (non-hydrogen) atoms. The van der Waals surface area contributed by atoms with Gasteiger partial charge in [-0.3, -0.25) is 9.59 Å². The third-order valence-electron chi connectivity index (χ3n) is 1.73. The number of hydrogen-bond donors (Lipinski definition) is 2. The predicted molar refractivity (Wildman–Crippen MR) is 52.2 cm³/mol. The minimum absolute atomic E-state index is 0.0231. The van der Waals surface area contributed by atoms with E-state index in [4.69, 9.17) is 10.5 Å². The third kappa shape index (κ3) is 5.53. The van der Waals surface area contributed by atoms with Crippen molar-refractivity contribution in [3.63, 3.8) is 0 Å². The lowest BCUT2D eigenvalue weighted by molar-refractivity contribution is -0.123. The number of hydrogen-bond acceptors (Lipinski definition) is 3. The van der Waals surface area contributed by atoms with E-state index in [1.807, 2.05) is 6.92 Å². The Morgan fingerprint density at radius 2 is 2.07 bits per heavy atom. The van der Waals surface area contributed by atoms with Crippen molar-refractivity contribution in [2.45, 2.75) is 19.8 Å². The number of amides is 2. The van der Waals surface area contributed by atoms with Gasteiger partial charge >= 0.3 is 0 Å². The average Bonchev–Trinajstić information content (AvgIpc) is 2.14.